The van der Waals surface area contributed by atoms with E-state index < -0.39 is 28.5 Å². The van der Waals surface area contributed by atoms with Crippen LogP contribution in [0.3, 0.4) is 0 Å². The zero-order valence-corrected chi connectivity index (χ0v) is 21.2. The van der Waals surface area contributed by atoms with E-state index >= 15 is 0 Å². The molecule has 1 aromatic carbocycles. The normalized spacial score (nSPS) is 16.8. The SMILES string of the molecule is CN[C@H](Cc1ccccc1)C(=O)N1CCC[C@H]1C(=O)N[C@@H](CCCN=C(N)N)C(C)=O.O=S(=O)([O-])[O-]. The summed E-state index contributed by atoms with van der Waals surface area (Å²) in [7, 11) is -3.42. The van der Waals surface area contributed by atoms with Gasteiger partial charge in [-0.1, -0.05) is 30.3 Å². The van der Waals surface area contributed by atoms with Crippen molar-refractivity contribution in [2.24, 2.45) is 16.5 Å². The summed E-state index contributed by atoms with van der Waals surface area (Å²) in [6, 6.07) is 8.16. The molecule has 0 bridgehead atoms. The zero-order chi connectivity index (χ0) is 27.3. The highest BCUT2D eigenvalue weighted by molar-refractivity contribution is 7.79. The lowest BCUT2D eigenvalue weighted by molar-refractivity contribution is -0.140. The van der Waals surface area contributed by atoms with E-state index in [0.29, 0.717) is 38.8 Å². The largest absolute Gasteiger partial charge is 0.759 e. The third kappa shape index (κ3) is 12.1. The Bertz CT molecular complexity index is 991. The van der Waals surface area contributed by atoms with Gasteiger partial charge in [0.15, 0.2) is 11.7 Å². The van der Waals surface area contributed by atoms with Gasteiger partial charge in [0.2, 0.25) is 11.8 Å². The second-order valence-electron chi connectivity index (χ2n) is 8.25. The van der Waals surface area contributed by atoms with Gasteiger partial charge in [-0.3, -0.25) is 27.8 Å². The quantitative estimate of drug-likeness (QED) is 0.0867. The van der Waals surface area contributed by atoms with E-state index in [4.69, 9.17) is 29.0 Å². The molecule has 202 valence electrons. The average molecular weight is 527 g/mol. The molecule has 3 atom stereocenters. The maximum Gasteiger partial charge on any atom is 0.243 e. The maximum atomic E-state index is 13.2. The second-order valence-corrected chi connectivity index (χ2v) is 9.07. The molecule has 1 aliphatic heterocycles. The Balaban J connectivity index is 0.00000118. The van der Waals surface area contributed by atoms with E-state index in [1.54, 1.807) is 11.9 Å². The van der Waals surface area contributed by atoms with Gasteiger partial charge in [0, 0.05) is 23.5 Å². The molecule has 1 aliphatic rings. The number of likely N-dealkylation sites (N-methyl/N-ethyl adjacent to an activating group) is 1. The van der Waals surface area contributed by atoms with E-state index in [2.05, 4.69) is 15.6 Å². The lowest BCUT2D eigenvalue weighted by Gasteiger charge is -2.29. The fourth-order valence-electron chi connectivity index (χ4n) is 3.81. The Morgan fingerprint density at radius 2 is 1.78 bits per heavy atom. The van der Waals surface area contributed by atoms with Crippen molar-refractivity contribution in [2.75, 3.05) is 20.1 Å². The molecule has 36 heavy (non-hydrogen) atoms. The second kappa shape index (κ2) is 15.1. The Labute approximate surface area is 211 Å². The summed E-state index contributed by atoms with van der Waals surface area (Å²) < 4.78 is 34.1. The van der Waals surface area contributed by atoms with Gasteiger partial charge in [-0.15, -0.1) is 0 Å². The monoisotopic (exact) mass is 526 g/mol. The maximum absolute atomic E-state index is 13.2. The number of nitrogens with one attached hydrogen (secondary N) is 2. The van der Waals surface area contributed by atoms with Crippen LogP contribution in [0.2, 0.25) is 0 Å². The lowest BCUT2D eigenvalue weighted by atomic mass is 10.0. The van der Waals surface area contributed by atoms with Crippen LogP contribution >= 0.6 is 0 Å². The molecular weight excluding hydrogens is 492 g/mol. The van der Waals surface area contributed by atoms with Gasteiger partial charge in [0.1, 0.15) is 6.04 Å². The van der Waals surface area contributed by atoms with Crippen LogP contribution in [-0.4, -0.2) is 84.2 Å². The highest BCUT2D eigenvalue weighted by Crippen LogP contribution is 2.20. The van der Waals surface area contributed by atoms with Crippen molar-refractivity contribution in [1.82, 2.24) is 15.5 Å². The Hall–Kier alpha value is -3.07. The third-order valence-electron chi connectivity index (χ3n) is 5.52. The Morgan fingerprint density at radius 1 is 1.17 bits per heavy atom. The summed E-state index contributed by atoms with van der Waals surface area (Å²) in [5.74, 6) is -0.525. The minimum absolute atomic E-state index is 0.00175. The molecular formula is C22H34N6O7S-2. The molecule has 13 nitrogen and oxygen atoms in total. The predicted molar refractivity (Wildman–Crippen MR) is 131 cm³/mol. The number of hydrogen-bond donors (Lipinski definition) is 4. The predicted octanol–water partition coefficient (Wildman–Crippen LogP) is -1.40. The van der Waals surface area contributed by atoms with Gasteiger partial charge in [-0.2, -0.15) is 0 Å². The van der Waals surface area contributed by atoms with Crippen LogP contribution in [0.1, 0.15) is 38.2 Å². The number of Topliss-reactive ketones (excluding diaryl/α,β-unsaturated/α-hetero) is 1. The molecule has 6 N–H and O–H groups in total. The van der Waals surface area contributed by atoms with Crippen LogP contribution in [-0.2, 0) is 31.2 Å². The highest BCUT2D eigenvalue weighted by atomic mass is 32.3. The Morgan fingerprint density at radius 3 is 2.31 bits per heavy atom. The summed E-state index contributed by atoms with van der Waals surface area (Å²) in [4.78, 5) is 43.6. The summed E-state index contributed by atoms with van der Waals surface area (Å²) in [6.45, 7) is 2.36. The number of rotatable bonds is 11. The van der Waals surface area contributed by atoms with Gasteiger partial charge in [-0.25, -0.2) is 0 Å². The van der Waals surface area contributed by atoms with Crippen LogP contribution in [0.15, 0.2) is 35.3 Å². The van der Waals surface area contributed by atoms with Crippen molar-refractivity contribution in [1.29, 1.82) is 0 Å². The van der Waals surface area contributed by atoms with Crippen molar-refractivity contribution in [3.63, 3.8) is 0 Å². The molecule has 0 unspecified atom stereocenters. The number of nitrogens with two attached hydrogens (primary N) is 2. The number of aliphatic imine (C=N–C) groups is 1. The number of benzene rings is 1. The van der Waals surface area contributed by atoms with E-state index in [1.807, 2.05) is 30.3 Å². The smallest absolute Gasteiger partial charge is 0.243 e. The number of carbonyl (C=O) groups is 3. The van der Waals surface area contributed by atoms with E-state index in [0.717, 1.165) is 12.0 Å². The molecule has 2 rings (SSSR count). The number of likely N-dealkylation sites (tertiary alicyclic amines) is 1. The fraction of sp³-hybridized carbons (Fsp3) is 0.545. The van der Waals surface area contributed by atoms with E-state index in [9.17, 15) is 14.4 Å². The van der Waals surface area contributed by atoms with Gasteiger partial charge < -0.3 is 36.1 Å². The zero-order valence-electron chi connectivity index (χ0n) is 20.4. The molecule has 1 saturated heterocycles. The van der Waals surface area contributed by atoms with Gasteiger partial charge in [0.05, 0.1) is 12.1 Å². The average Bonchev–Trinajstić information content (AvgIpc) is 3.28. The van der Waals surface area contributed by atoms with Crippen molar-refractivity contribution >= 4 is 34.0 Å². The molecule has 0 aromatic heterocycles. The standard InChI is InChI=1S/C22H34N6O3.H2O4S/c1-15(29)17(10-6-12-26-22(23)24)27-20(30)19-11-7-13-28(19)21(31)18(25-2)14-16-8-4-3-5-9-16;1-5(2,3)4/h3-5,8-9,17-19,25H,6-7,10-14H2,1-2H3,(H,27,30)(H4,23,24,26);(H2,1,2,3,4)/p-2/t17-,18+,19-;/m0./s1. The van der Waals surface area contributed by atoms with Crippen LogP contribution in [0, 0.1) is 0 Å². The molecule has 2 amide bonds. The molecule has 0 aliphatic carbocycles. The third-order valence-corrected chi connectivity index (χ3v) is 5.52. The molecule has 0 saturated carbocycles. The van der Waals surface area contributed by atoms with Crippen molar-refractivity contribution in [2.45, 2.75) is 57.2 Å². The van der Waals surface area contributed by atoms with Crippen LogP contribution in [0.5, 0.6) is 0 Å². The fourth-order valence-corrected chi connectivity index (χ4v) is 3.81. The molecule has 0 radical (unpaired) electrons. The first-order valence-corrected chi connectivity index (χ1v) is 12.7. The lowest BCUT2D eigenvalue weighted by Crippen LogP contribution is -2.54. The van der Waals surface area contributed by atoms with Gasteiger partial charge in [0.25, 0.3) is 0 Å². The first-order valence-electron chi connectivity index (χ1n) is 11.4. The highest BCUT2D eigenvalue weighted by Gasteiger charge is 2.37. The molecule has 0 spiro atoms. The summed E-state index contributed by atoms with van der Waals surface area (Å²) >= 11 is 0. The summed E-state index contributed by atoms with van der Waals surface area (Å²) in [5, 5.41) is 5.90. The number of guanidine groups is 1. The topological polar surface area (TPSA) is 223 Å². The molecule has 1 heterocycles. The summed E-state index contributed by atoms with van der Waals surface area (Å²) in [5.41, 5.74) is 11.7. The van der Waals surface area contributed by atoms with Crippen molar-refractivity contribution in [3.05, 3.63) is 35.9 Å². The van der Waals surface area contributed by atoms with Gasteiger partial charge >= 0.3 is 0 Å². The minimum atomic E-state index is -5.17. The van der Waals surface area contributed by atoms with E-state index in [-0.39, 0.29) is 23.6 Å². The summed E-state index contributed by atoms with van der Waals surface area (Å²) in [6.07, 6.45) is 2.88. The first kappa shape index (κ1) is 31.0. The van der Waals surface area contributed by atoms with Crippen LogP contribution in [0.4, 0.5) is 0 Å². The van der Waals surface area contributed by atoms with Crippen LogP contribution < -0.4 is 22.1 Å². The number of amides is 2. The number of ketones is 1. The number of hydrogen-bond acceptors (Lipinski definition) is 9. The van der Waals surface area contributed by atoms with Crippen molar-refractivity contribution < 1.29 is 31.9 Å². The number of carbonyl (C=O) groups excluding carboxylic acids is 3. The molecule has 14 heteroatoms. The Kier molecular flexibility index (Phi) is 13.0. The van der Waals surface area contributed by atoms with E-state index in [1.165, 1.54) is 6.92 Å². The number of nitrogens with zero attached hydrogens (tertiary/aromatic N) is 2. The minimum Gasteiger partial charge on any atom is -0.759 e. The van der Waals surface area contributed by atoms with Crippen LogP contribution in [0.25, 0.3) is 0 Å². The first-order chi connectivity index (χ1) is 16.8. The van der Waals surface area contributed by atoms with Gasteiger partial charge in [-0.05, 0) is 51.6 Å². The molecule has 1 aromatic rings. The van der Waals surface area contributed by atoms with Crippen molar-refractivity contribution in [3.8, 4) is 0 Å². The molecule has 1 fully saturated rings.